The summed E-state index contributed by atoms with van der Waals surface area (Å²) in [6, 6.07) is 10.6. The number of sulfonamides is 1. The van der Waals surface area contributed by atoms with Crippen LogP contribution in [0.4, 0.5) is 10.8 Å². The van der Waals surface area contributed by atoms with Crippen molar-refractivity contribution in [1.29, 1.82) is 0 Å². The van der Waals surface area contributed by atoms with Crippen molar-refractivity contribution in [3.63, 3.8) is 0 Å². The molecule has 3 aromatic rings. The van der Waals surface area contributed by atoms with Gasteiger partial charge in [-0.25, -0.2) is 17.7 Å². The molecule has 12 heteroatoms. The van der Waals surface area contributed by atoms with E-state index < -0.39 is 14.9 Å². The predicted octanol–water partition coefficient (Wildman–Crippen LogP) is 2.42. The molecule has 0 atom stereocenters. The fourth-order valence-corrected chi connectivity index (χ4v) is 5.37. The zero-order valence-electron chi connectivity index (χ0n) is 17.5. The number of nitrogens with zero attached hydrogens (tertiary/aromatic N) is 5. The number of non-ortho nitro benzene ring substituents is 1. The summed E-state index contributed by atoms with van der Waals surface area (Å²) in [6.45, 7) is 2.15. The van der Waals surface area contributed by atoms with Crippen LogP contribution in [0.1, 0.15) is 10.4 Å². The van der Waals surface area contributed by atoms with Gasteiger partial charge in [-0.05, 0) is 30.3 Å². The molecule has 168 valence electrons. The van der Waals surface area contributed by atoms with Gasteiger partial charge in [-0.2, -0.15) is 0 Å². The lowest BCUT2D eigenvalue weighted by Crippen LogP contribution is -2.48. The molecule has 1 aliphatic heterocycles. The van der Waals surface area contributed by atoms with Crippen LogP contribution in [-0.2, 0) is 10.0 Å². The summed E-state index contributed by atoms with van der Waals surface area (Å²) in [6.07, 6.45) is 0. The first-order chi connectivity index (χ1) is 15.2. The van der Waals surface area contributed by atoms with Crippen LogP contribution < -0.4 is 4.90 Å². The molecule has 1 aromatic heterocycles. The van der Waals surface area contributed by atoms with E-state index in [0.29, 0.717) is 37.3 Å². The molecule has 0 saturated carbocycles. The predicted molar refractivity (Wildman–Crippen MR) is 122 cm³/mol. The number of carbonyl (C=O) groups is 1. The maximum atomic E-state index is 12.9. The Kier molecular flexibility index (Phi) is 5.84. The van der Waals surface area contributed by atoms with E-state index in [1.54, 1.807) is 11.0 Å². The molecule has 1 amide bonds. The Bertz CT molecular complexity index is 1280. The first-order valence-corrected chi connectivity index (χ1v) is 12.0. The summed E-state index contributed by atoms with van der Waals surface area (Å²) >= 11 is 1.39. The van der Waals surface area contributed by atoms with Crippen molar-refractivity contribution in [2.75, 3.05) is 45.2 Å². The normalized spacial score (nSPS) is 14.8. The molecule has 0 spiro atoms. The Morgan fingerprint density at radius 2 is 1.75 bits per heavy atom. The summed E-state index contributed by atoms with van der Waals surface area (Å²) in [5.41, 5.74) is 1.18. The second-order valence-corrected chi connectivity index (χ2v) is 10.7. The molecule has 4 rings (SSSR count). The molecule has 2 heterocycles. The van der Waals surface area contributed by atoms with Gasteiger partial charge in [0.15, 0.2) is 5.13 Å². The Morgan fingerprint density at radius 3 is 2.34 bits per heavy atom. The Labute approximate surface area is 188 Å². The van der Waals surface area contributed by atoms with Crippen LogP contribution in [0.15, 0.2) is 47.4 Å². The number of rotatable bonds is 5. The highest BCUT2D eigenvalue weighted by atomic mass is 32.2. The lowest BCUT2D eigenvalue weighted by molar-refractivity contribution is -0.384. The Balaban J connectivity index is 1.43. The lowest BCUT2D eigenvalue weighted by atomic mass is 10.2. The van der Waals surface area contributed by atoms with E-state index in [-0.39, 0.29) is 16.5 Å². The molecule has 32 heavy (non-hydrogen) atoms. The van der Waals surface area contributed by atoms with Gasteiger partial charge >= 0.3 is 0 Å². The maximum Gasteiger partial charge on any atom is 0.270 e. The number of nitro benzene ring substituents is 1. The molecule has 10 nitrogen and oxygen atoms in total. The zero-order chi connectivity index (χ0) is 23.0. The largest absolute Gasteiger partial charge is 0.345 e. The molecule has 1 fully saturated rings. The van der Waals surface area contributed by atoms with Crippen LogP contribution >= 0.6 is 11.3 Å². The molecule has 2 aromatic carbocycles. The molecular weight excluding hydrogens is 454 g/mol. The first kappa shape index (κ1) is 22.1. The highest BCUT2D eigenvalue weighted by Crippen LogP contribution is 2.32. The molecule has 0 N–H and O–H groups in total. The number of fused-ring (bicyclic) bond motifs is 1. The van der Waals surface area contributed by atoms with Crippen molar-refractivity contribution in [2.24, 2.45) is 0 Å². The highest BCUT2D eigenvalue weighted by Gasteiger charge is 2.25. The molecular formula is C20H21N5O5S2. The second kappa shape index (κ2) is 8.45. The van der Waals surface area contributed by atoms with E-state index in [0.717, 1.165) is 14.1 Å². The number of piperazine rings is 1. The topological polar surface area (TPSA) is 117 Å². The second-order valence-electron chi connectivity index (χ2n) is 7.50. The fourth-order valence-electron chi connectivity index (χ4n) is 3.41. The smallest absolute Gasteiger partial charge is 0.270 e. The van der Waals surface area contributed by atoms with Crippen LogP contribution in [-0.4, -0.2) is 73.7 Å². The van der Waals surface area contributed by atoms with Crippen LogP contribution in [0.2, 0.25) is 0 Å². The number of hydrogen-bond donors (Lipinski definition) is 0. The standard InChI is InChI=1S/C20H21N5O5S2/c1-22(2)32(29,30)16-6-3-14(4-7-16)19(26)23-9-11-24(12-10-23)20-21-17-8-5-15(25(27)28)13-18(17)31-20/h3-8,13H,9-12H2,1-2H3. The van der Waals surface area contributed by atoms with Crippen molar-refractivity contribution in [1.82, 2.24) is 14.2 Å². The third-order valence-corrected chi connectivity index (χ3v) is 8.20. The monoisotopic (exact) mass is 475 g/mol. The van der Waals surface area contributed by atoms with Gasteiger partial charge in [0.25, 0.3) is 11.6 Å². The van der Waals surface area contributed by atoms with Gasteiger partial charge in [0, 0.05) is 58.0 Å². The van der Waals surface area contributed by atoms with Crippen molar-refractivity contribution in [3.8, 4) is 0 Å². The number of amides is 1. The van der Waals surface area contributed by atoms with Crippen LogP contribution in [0.5, 0.6) is 0 Å². The molecule has 0 unspecified atom stereocenters. The number of benzene rings is 2. The minimum absolute atomic E-state index is 0.0347. The van der Waals surface area contributed by atoms with Gasteiger partial charge in [0.1, 0.15) is 0 Å². The Hall–Kier alpha value is -3.09. The van der Waals surface area contributed by atoms with Gasteiger partial charge in [-0.15, -0.1) is 0 Å². The van der Waals surface area contributed by atoms with Crippen molar-refractivity contribution in [3.05, 3.63) is 58.1 Å². The Morgan fingerprint density at radius 1 is 1.09 bits per heavy atom. The van der Waals surface area contributed by atoms with Gasteiger partial charge in [-0.1, -0.05) is 11.3 Å². The molecule has 0 radical (unpaired) electrons. The van der Waals surface area contributed by atoms with Crippen molar-refractivity contribution in [2.45, 2.75) is 4.90 Å². The average Bonchev–Trinajstić information content (AvgIpc) is 3.22. The summed E-state index contributed by atoms with van der Waals surface area (Å²) in [7, 11) is -0.624. The zero-order valence-corrected chi connectivity index (χ0v) is 19.1. The van der Waals surface area contributed by atoms with E-state index in [1.807, 2.05) is 0 Å². The summed E-state index contributed by atoms with van der Waals surface area (Å²) in [4.78, 5) is 31.9. The third-order valence-electron chi connectivity index (χ3n) is 5.29. The van der Waals surface area contributed by atoms with Gasteiger partial charge in [-0.3, -0.25) is 14.9 Å². The van der Waals surface area contributed by atoms with Crippen molar-refractivity contribution >= 4 is 48.3 Å². The van der Waals surface area contributed by atoms with E-state index >= 15 is 0 Å². The van der Waals surface area contributed by atoms with Gasteiger partial charge in [0.2, 0.25) is 10.0 Å². The number of thiazole rings is 1. The minimum Gasteiger partial charge on any atom is -0.345 e. The highest BCUT2D eigenvalue weighted by molar-refractivity contribution is 7.89. The fraction of sp³-hybridized carbons (Fsp3) is 0.300. The van der Waals surface area contributed by atoms with Crippen LogP contribution in [0.25, 0.3) is 10.2 Å². The van der Waals surface area contributed by atoms with Crippen molar-refractivity contribution < 1.29 is 18.1 Å². The average molecular weight is 476 g/mol. The quantitative estimate of drug-likeness (QED) is 0.411. The third kappa shape index (κ3) is 4.16. The molecule has 1 saturated heterocycles. The first-order valence-electron chi connectivity index (χ1n) is 9.78. The number of aromatic nitrogens is 1. The molecule has 0 bridgehead atoms. The summed E-state index contributed by atoms with van der Waals surface area (Å²) in [5, 5.41) is 11.7. The summed E-state index contributed by atoms with van der Waals surface area (Å²) < 4.78 is 26.3. The van der Waals surface area contributed by atoms with Gasteiger partial charge < -0.3 is 9.80 Å². The van der Waals surface area contributed by atoms with Crippen LogP contribution in [0.3, 0.4) is 0 Å². The van der Waals surface area contributed by atoms with E-state index in [9.17, 15) is 23.3 Å². The lowest BCUT2D eigenvalue weighted by Gasteiger charge is -2.34. The SMILES string of the molecule is CN(C)S(=O)(=O)c1ccc(C(=O)N2CCN(c3nc4ccc([N+](=O)[O-])cc4s3)CC2)cc1. The number of hydrogen-bond acceptors (Lipinski definition) is 8. The van der Waals surface area contributed by atoms with E-state index in [1.165, 1.54) is 61.8 Å². The molecule has 1 aliphatic rings. The van der Waals surface area contributed by atoms with E-state index in [4.69, 9.17) is 0 Å². The number of carbonyl (C=O) groups excluding carboxylic acids is 1. The van der Waals surface area contributed by atoms with E-state index in [2.05, 4.69) is 9.88 Å². The van der Waals surface area contributed by atoms with Crippen LogP contribution in [0, 0.1) is 10.1 Å². The minimum atomic E-state index is -3.54. The number of nitro groups is 1. The van der Waals surface area contributed by atoms with Gasteiger partial charge in [0.05, 0.1) is 20.0 Å². The summed E-state index contributed by atoms with van der Waals surface area (Å²) in [5.74, 6) is -0.154. The maximum absolute atomic E-state index is 12.9. The molecule has 0 aliphatic carbocycles. The number of anilines is 1.